The SMILES string of the molecule is Cc1nn(-c2ccccc2)c(C)c1CN(C)CC(=O)NCCc1c[nH]c2ccccc12. The number of benzene rings is 2. The van der Waals surface area contributed by atoms with Crippen LogP contribution in [0.25, 0.3) is 16.6 Å². The number of fused-ring (bicyclic) bond motifs is 1. The fourth-order valence-corrected chi connectivity index (χ4v) is 4.03. The van der Waals surface area contributed by atoms with E-state index in [1.54, 1.807) is 0 Å². The van der Waals surface area contributed by atoms with Crippen molar-refractivity contribution in [3.8, 4) is 5.69 Å². The van der Waals surface area contributed by atoms with Crippen LogP contribution in [0.5, 0.6) is 0 Å². The van der Waals surface area contributed by atoms with Crippen LogP contribution < -0.4 is 5.32 Å². The highest BCUT2D eigenvalue weighted by molar-refractivity contribution is 5.83. The van der Waals surface area contributed by atoms with Crippen LogP contribution >= 0.6 is 0 Å². The van der Waals surface area contributed by atoms with Gasteiger partial charge >= 0.3 is 0 Å². The molecule has 0 saturated carbocycles. The molecule has 0 fully saturated rings. The molecule has 0 unspecified atom stereocenters. The zero-order chi connectivity index (χ0) is 21.8. The fraction of sp³-hybridized carbons (Fsp3) is 0.280. The van der Waals surface area contributed by atoms with Crippen molar-refractivity contribution in [2.45, 2.75) is 26.8 Å². The van der Waals surface area contributed by atoms with E-state index in [2.05, 4.69) is 29.4 Å². The molecule has 0 atom stereocenters. The zero-order valence-electron chi connectivity index (χ0n) is 18.4. The molecular weight excluding hydrogens is 386 g/mol. The number of aryl methyl sites for hydroxylation is 1. The maximum atomic E-state index is 12.5. The average Bonchev–Trinajstić information content (AvgIpc) is 3.30. The summed E-state index contributed by atoms with van der Waals surface area (Å²) in [6.07, 6.45) is 2.83. The first kappa shape index (κ1) is 20.9. The Morgan fingerprint density at radius 1 is 1.10 bits per heavy atom. The van der Waals surface area contributed by atoms with Crippen LogP contribution in [0.4, 0.5) is 0 Å². The Kier molecular flexibility index (Phi) is 6.18. The van der Waals surface area contributed by atoms with Crippen molar-refractivity contribution in [2.24, 2.45) is 0 Å². The Bertz CT molecular complexity index is 1180. The summed E-state index contributed by atoms with van der Waals surface area (Å²) in [7, 11) is 1.97. The lowest BCUT2D eigenvalue weighted by molar-refractivity contribution is -0.122. The first-order valence-corrected chi connectivity index (χ1v) is 10.6. The molecule has 4 rings (SSSR count). The Morgan fingerprint density at radius 3 is 2.65 bits per heavy atom. The predicted octanol–water partition coefficient (Wildman–Crippen LogP) is 3.76. The average molecular weight is 416 g/mol. The Labute approximate surface area is 182 Å². The second-order valence-electron chi connectivity index (χ2n) is 8.03. The van der Waals surface area contributed by atoms with Crippen LogP contribution in [0.15, 0.2) is 60.8 Å². The number of hydrogen-bond acceptors (Lipinski definition) is 3. The molecule has 0 aliphatic heterocycles. The molecule has 2 aromatic heterocycles. The van der Waals surface area contributed by atoms with E-state index in [0.717, 1.165) is 34.6 Å². The van der Waals surface area contributed by atoms with Crippen molar-refractivity contribution < 1.29 is 4.79 Å². The van der Waals surface area contributed by atoms with E-state index < -0.39 is 0 Å². The number of nitrogens with one attached hydrogen (secondary N) is 2. The summed E-state index contributed by atoms with van der Waals surface area (Å²) in [6.45, 7) is 5.76. The number of likely N-dealkylation sites (N-methyl/N-ethyl adjacent to an activating group) is 1. The largest absolute Gasteiger partial charge is 0.361 e. The van der Waals surface area contributed by atoms with E-state index in [1.807, 2.05) is 72.2 Å². The zero-order valence-corrected chi connectivity index (χ0v) is 18.4. The number of H-pyrrole nitrogens is 1. The number of rotatable bonds is 8. The summed E-state index contributed by atoms with van der Waals surface area (Å²) < 4.78 is 1.97. The van der Waals surface area contributed by atoms with E-state index in [0.29, 0.717) is 19.6 Å². The van der Waals surface area contributed by atoms with Gasteiger partial charge in [-0.05, 0) is 51.1 Å². The molecule has 0 aliphatic carbocycles. The molecule has 0 spiro atoms. The predicted molar refractivity (Wildman–Crippen MR) is 124 cm³/mol. The van der Waals surface area contributed by atoms with Crippen molar-refractivity contribution in [3.63, 3.8) is 0 Å². The van der Waals surface area contributed by atoms with E-state index in [9.17, 15) is 4.79 Å². The molecule has 0 radical (unpaired) electrons. The van der Waals surface area contributed by atoms with Crippen LogP contribution in [0.3, 0.4) is 0 Å². The molecule has 31 heavy (non-hydrogen) atoms. The number of amides is 1. The number of carbonyl (C=O) groups is 1. The monoisotopic (exact) mass is 415 g/mol. The standard InChI is InChI=1S/C25H29N5O/c1-18-23(19(2)30(28-18)21-9-5-4-6-10-21)16-29(3)17-25(31)26-14-13-20-15-27-24-12-8-7-11-22(20)24/h4-12,15,27H,13-14,16-17H2,1-3H3,(H,26,31). The molecule has 4 aromatic rings. The van der Waals surface area contributed by atoms with Gasteiger partial charge in [-0.2, -0.15) is 5.10 Å². The maximum Gasteiger partial charge on any atom is 0.234 e. The molecule has 2 N–H and O–H groups in total. The van der Waals surface area contributed by atoms with Crippen molar-refractivity contribution in [2.75, 3.05) is 20.1 Å². The molecule has 6 heteroatoms. The highest BCUT2D eigenvalue weighted by Crippen LogP contribution is 2.19. The summed E-state index contributed by atoms with van der Waals surface area (Å²) >= 11 is 0. The van der Waals surface area contributed by atoms with Crippen molar-refractivity contribution in [3.05, 3.63) is 83.3 Å². The minimum atomic E-state index is 0.0353. The van der Waals surface area contributed by atoms with Gasteiger partial charge in [0.25, 0.3) is 0 Å². The first-order chi connectivity index (χ1) is 15.0. The third-order valence-electron chi connectivity index (χ3n) is 5.67. The molecule has 0 bridgehead atoms. The number of para-hydroxylation sites is 2. The lowest BCUT2D eigenvalue weighted by Gasteiger charge is -2.17. The quantitative estimate of drug-likeness (QED) is 0.460. The molecular formula is C25H29N5O. The van der Waals surface area contributed by atoms with Crippen molar-refractivity contribution in [1.82, 2.24) is 25.0 Å². The first-order valence-electron chi connectivity index (χ1n) is 10.6. The second kappa shape index (κ2) is 9.18. The summed E-state index contributed by atoms with van der Waals surface area (Å²) in [6, 6.07) is 18.4. The van der Waals surface area contributed by atoms with E-state index in [-0.39, 0.29) is 5.91 Å². The Hall–Kier alpha value is -3.38. The lowest BCUT2D eigenvalue weighted by atomic mass is 10.1. The minimum Gasteiger partial charge on any atom is -0.361 e. The van der Waals surface area contributed by atoms with Crippen LogP contribution in [-0.2, 0) is 17.8 Å². The van der Waals surface area contributed by atoms with Gasteiger partial charge in [-0.3, -0.25) is 9.69 Å². The smallest absolute Gasteiger partial charge is 0.234 e. The van der Waals surface area contributed by atoms with E-state index in [4.69, 9.17) is 5.10 Å². The van der Waals surface area contributed by atoms with Crippen LogP contribution in [0.2, 0.25) is 0 Å². The van der Waals surface area contributed by atoms with Gasteiger partial charge in [0.1, 0.15) is 0 Å². The Balaban J connectivity index is 1.31. The van der Waals surface area contributed by atoms with Gasteiger partial charge < -0.3 is 10.3 Å². The summed E-state index contributed by atoms with van der Waals surface area (Å²) in [4.78, 5) is 17.8. The van der Waals surface area contributed by atoms with E-state index >= 15 is 0 Å². The van der Waals surface area contributed by atoms with Gasteiger partial charge in [-0.1, -0.05) is 36.4 Å². The number of aromatic nitrogens is 3. The Morgan fingerprint density at radius 2 is 1.84 bits per heavy atom. The van der Waals surface area contributed by atoms with Gasteiger partial charge in [-0.25, -0.2) is 4.68 Å². The highest BCUT2D eigenvalue weighted by atomic mass is 16.2. The third kappa shape index (κ3) is 4.70. The maximum absolute atomic E-state index is 12.5. The molecule has 2 aromatic carbocycles. The van der Waals surface area contributed by atoms with E-state index in [1.165, 1.54) is 10.9 Å². The van der Waals surface area contributed by atoms with Crippen molar-refractivity contribution >= 4 is 16.8 Å². The van der Waals surface area contributed by atoms with Gasteiger partial charge in [-0.15, -0.1) is 0 Å². The molecule has 6 nitrogen and oxygen atoms in total. The number of aromatic amines is 1. The van der Waals surface area contributed by atoms with Crippen LogP contribution in [-0.4, -0.2) is 45.7 Å². The molecule has 0 aliphatic rings. The highest BCUT2D eigenvalue weighted by Gasteiger charge is 2.16. The van der Waals surface area contributed by atoms with Gasteiger partial charge in [0.15, 0.2) is 0 Å². The van der Waals surface area contributed by atoms with Crippen LogP contribution in [0, 0.1) is 13.8 Å². The topological polar surface area (TPSA) is 66.0 Å². The minimum absolute atomic E-state index is 0.0353. The second-order valence-corrected chi connectivity index (χ2v) is 8.03. The van der Waals surface area contributed by atoms with Gasteiger partial charge in [0.2, 0.25) is 5.91 Å². The fourth-order valence-electron chi connectivity index (χ4n) is 4.03. The summed E-state index contributed by atoms with van der Waals surface area (Å²) in [5.41, 5.74) is 6.67. The normalized spacial score (nSPS) is 11.4. The van der Waals surface area contributed by atoms with Crippen LogP contribution in [0.1, 0.15) is 22.5 Å². The molecule has 0 saturated heterocycles. The number of carbonyl (C=O) groups excluding carboxylic acids is 1. The lowest BCUT2D eigenvalue weighted by Crippen LogP contribution is -2.36. The summed E-state index contributed by atoms with van der Waals surface area (Å²) in [5, 5.41) is 8.97. The van der Waals surface area contributed by atoms with Crippen molar-refractivity contribution in [1.29, 1.82) is 0 Å². The third-order valence-corrected chi connectivity index (χ3v) is 5.67. The molecule has 2 heterocycles. The summed E-state index contributed by atoms with van der Waals surface area (Å²) in [5.74, 6) is 0.0353. The number of nitrogens with zero attached hydrogens (tertiary/aromatic N) is 3. The number of hydrogen-bond donors (Lipinski definition) is 2. The molecule has 1 amide bonds. The van der Waals surface area contributed by atoms with Gasteiger partial charge in [0, 0.05) is 41.4 Å². The van der Waals surface area contributed by atoms with Gasteiger partial charge in [0.05, 0.1) is 17.9 Å². The molecule has 160 valence electrons.